The summed E-state index contributed by atoms with van der Waals surface area (Å²) in [7, 11) is 0. The van der Waals surface area contributed by atoms with E-state index in [1.165, 1.54) is 0 Å². The third-order valence-electron chi connectivity index (χ3n) is 4.25. The van der Waals surface area contributed by atoms with E-state index in [4.69, 9.17) is 4.74 Å². The Morgan fingerprint density at radius 3 is 2.30 bits per heavy atom. The predicted molar refractivity (Wildman–Crippen MR) is 98.3 cm³/mol. The summed E-state index contributed by atoms with van der Waals surface area (Å²) in [6.07, 6.45) is 2.27. The second kappa shape index (κ2) is 13.0. The van der Waals surface area contributed by atoms with Crippen molar-refractivity contribution in [2.45, 2.75) is 46.6 Å². The molecule has 6 heteroatoms. The molecule has 1 aliphatic heterocycles. The molecule has 0 bridgehead atoms. The number of nitrogens with zero attached hydrogens (tertiary/aromatic N) is 2. The normalized spacial score (nSPS) is 15.7. The van der Waals surface area contributed by atoms with Crippen LogP contribution in [0.2, 0.25) is 0 Å². The summed E-state index contributed by atoms with van der Waals surface area (Å²) in [4.78, 5) is 16.8. The van der Waals surface area contributed by atoms with Crippen LogP contribution >= 0.6 is 12.4 Å². The first kappa shape index (κ1) is 22.6. The van der Waals surface area contributed by atoms with Gasteiger partial charge in [0, 0.05) is 19.6 Å². The van der Waals surface area contributed by atoms with Crippen molar-refractivity contribution in [3.05, 3.63) is 0 Å². The lowest BCUT2D eigenvalue weighted by Crippen LogP contribution is -2.43. The van der Waals surface area contributed by atoms with Gasteiger partial charge in [-0.05, 0) is 44.9 Å². The second-order valence-electron chi connectivity index (χ2n) is 6.52. The zero-order chi connectivity index (χ0) is 16.4. The van der Waals surface area contributed by atoms with E-state index in [-0.39, 0.29) is 31.0 Å². The molecule has 0 aromatic rings. The largest absolute Gasteiger partial charge is 0.368 e. The third kappa shape index (κ3) is 9.50. The number of hydrogen-bond donors (Lipinski definition) is 1. The molecule has 0 aromatic heterocycles. The molecule has 1 N–H and O–H groups in total. The zero-order valence-electron chi connectivity index (χ0n) is 15.3. The van der Waals surface area contributed by atoms with Crippen LogP contribution in [0.4, 0.5) is 0 Å². The predicted octanol–water partition coefficient (Wildman–Crippen LogP) is 2.00. The van der Waals surface area contributed by atoms with E-state index >= 15 is 0 Å². The standard InChI is InChI=1S/C17H35N3O2.ClH/c1-5-19(6-2)11-12-20(13-15(3)4)17(21)14-22-16-7-9-18-10-8-16;/h15-16,18H,5-14H2,1-4H3;1H. The summed E-state index contributed by atoms with van der Waals surface area (Å²) in [5.41, 5.74) is 0. The van der Waals surface area contributed by atoms with Gasteiger partial charge in [-0.25, -0.2) is 0 Å². The summed E-state index contributed by atoms with van der Waals surface area (Å²) < 4.78 is 5.82. The molecule has 23 heavy (non-hydrogen) atoms. The zero-order valence-corrected chi connectivity index (χ0v) is 16.2. The fraction of sp³-hybridized carbons (Fsp3) is 0.941. The van der Waals surface area contributed by atoms with Crippen LogP contribution in [0.1, 0.15) is 40.5 Å². The maximum Gasteiger partial charge on any atom is 0.248 e. The van der Waals surface area contributed by atoms with Crippen LogP contribution < -0.4 is 5.32 Å². The van der Waals surface area contributed by atoms with Gasteiger partial charge in [0.15, 0.2) is 0 Å². The van der Waals surface area contributed by atoms with Gasteiger partial charge in [0.05, 0.1) is 6.10 Å². The lowest BCUT2D eigenvalue weighted by Gasteiger charge is -2.29. The minimum absolute atomic E-state index is 0. The van der Waals surface area contributed by atoms with E-state index in [0.29, 0.717) is 5.92 Å². The molecule has 5 nitrogen and oxygen atoms in total. The number of rotatable bonds is 10. The first-order valence-electron chi connectivity index (χ1n) is 8.89. The van der Waals surface area contributed by atoms with Crippen LogP contribution in [0.15, 0.2) is 0 Å². The molecular formula is C17H36ClN3O2. The van der Waals surface area contributed by atoms with Crippen molar-refractivity contribution in [3.8, 4) is 0 Å². The minimum Gasteiger partial charge on any atom is -0.368 e. The molecule has 1 heterocycles. The first-order valence-corrected chi connectivity index (χ1v) is 8.89. The van der Waals surface area contributed by atoms with Crippen LogP contribution in [0.5, 0.6) is 0 Å². The Hall–Kier alpha value is -0.360. The van der Waals surface area contributed by atoms with Crippen LogP contribution in [-0.4, -0.2) is 74.2 Å². The number of amides is 1. The SMILES string of the molecule is CCN(CC)CCN(CC(C)C)C(=O)COC1CCNCC1.Cl. The molecule has 0 radical (unpaired) electrons. The van der Waals surface area contributed by atoms with Gasteiger partial charge in [-0.1, -0.05) is 27.7 Å². The van der Waals surface area contributed by atoms with E-state index < -0.39 is 0 Å². The van der Waals surface area contributed by atoms with E-state index in [9.17, 15) is 4.79 Å². The van der Waals surface area contributed by atoms with Gasteiger partial charge in [-0.3, -0.25) is 4.79 Å². The van der Waals surface area contributed by atoms with Gasteiger partial charge in [-0.15, -0.1) is 12.4 Å². The van der Waals surface area contributed by atoms with Crippen molar-refractivity contribution in [2.75, 3.05) is 52.4 Å². The number of nitrogens with one attached hydrogen (secondary N) is 1. The Morgan fingerprint density at radius 2 is 1.78 bits per heavy atom. The van der Waals surface area contributed by atoms with Crippen molar-refractivity contribution < 1.29 is 9.53 Å². The molecule has 138 valence electrons. The topological polar surface area (TPSA) is 44.8 Å². The van der Waals surface area contributed by atoms with Crippen LogP contribution in [0.25, 0.3) is 0 Å². The van der Waals surface area contributed by atoms with E-state index in [2.05, 4.69) is 37.9 Å². The Kier molecular flexibility index (Phi) is 12.8. The highest BCUT2D eigenvalue weighted by atomic mass is 35.5. The van der Waals surface area contributed by atoms with Crippen molar-refractivity contribution >= 4 is 18.3 Å². The van der Waals surface area contributed by atoms with Gasteiger partial charge < -0.3 is 19.9 Å². The number of ether oxygens (including phenoxy) is 1. The highest BCUT2D eigenvalue weighted by Gasteiger charge is 2.19. The molecule has 0 aliphatic carbocycles. The molecule has 0 saturated carbocycles. The molecule has 1 saturated heterocycles. The summed E-state index contributed by atoms with van der Waals surface area (Å²) in [5, 5.41) is 3.32. The lowest BCUT2D eigenvalue weighted by molar-refractivity contribution is -0.139. The van der Waals surface area contributed by atoms with Gasteiger partial charge >= 0.3 is 0 Å². The number of carbonyl (C=O) groups is 1. The highest BCUT2D eigenvalue weighted by Crippen LogP contribution is 2.08. The number of hydrogen-bond acceptors (Lipinski definition) is 4. The van der Waals surface area contributed by atoms with E-state index in [0.717, 1.165) is 58.7 Å². The van der Waals surface area contributed by atoms with Crippen LogP contribution in [0.3, 0.4) is 0 Å². The monoisotopic (exact) mass is 349 g/mol. The molecular weight excluding hydrogens is 314 g/mol. The Bertz CT molecular complexity index is 306. The van der Waals surface area contributed by atoms with Gasteiger partial charge in [0.1, 0.15) is 6.61 Å². The van der Waals surface area contributed by atoms with Gasteiger partial charge in [0.2, 0.25) is 5.91 Å². The number of piperidine rings is 1. The summed E-state index contributed by atoms with van der Waals surface area (Å²) >= 11 is 0. The number of likely N-dealkylation sites (N-methyl/N-ethyl adjacent to an activating group) is 1. The fourth-order valence-corrected chi connectivity index (χ4v) is 2.80. The Morgan fingerprint density at radius 1 is 1.17 bits per heavy atom. The number of halogens is 1. The molecule has 1 aliphatic rings. The molecule has 0 unspecified atom stereocenters. The van der Waals surface area contributed by atoms with Crippen molar-refractivity contribution in [1.29, 1.82) is 0 Å². The van der Waals surface area contributed by atoms with Gasteiger partial charge in [0.25, 0.3) is 0 Å². The van der Waals surface area contributed by atoms with Gasteiger partial charge in [-0.2, -0.15) is 0 Å². The maximum atomic E-state index is 12.5. The Labute approximate surface area is 148 Å². The summed E-state index contributed by atoms with van der Waals surface area (Å²) in [5.74, 6) is 0.624. The van der Waals surface area contributed by atoms with Crippen molar-refractivity contribution in [2.24, 2.45) is 5.92 Å². The first-order chi connectivity index (χ1) is 10.6. The smallest absolute Gasteiger partial charge is 0.248 e. The van der Waals surface area contributed by atoms with Crippen LogP contribution in [-0.2, 0) is 9.53 Å². The quantitative estimate of drug-likeness (QED) is 0.655. The minimum atomic E-state index is 0. The van der Waals surface area contributed by atoms with E-state index in [1.807, 2.05) is 4.90 Å². The number of carbonyl (C=O) groups excluding carboxylic acids is 1. The third-order valence-corrected chi connectivity index (χ3v) is 4.25. The second-order valence-corrected chi connectivity index (χ2v) is 6.52. The maximum absolute atomic E-state index is 12.5. The average Bonchev–Trinajstić information content (AvgIpc) is 2.53. The molecule has 0 aromatic carbocycles. The fourth-order valence-electron chi connectivity index (χ4n) is 2.80. The van der Waals surface area contributed by atoms with Crippen LogP contribution in [0, 0.1) is 5.92 Å². The summed E-state index contributed by atoms with van der Waals surface area (Å²) in [6.45, 7) is 15.5. The molecule has 1 amide bonds. The van der Waals surface area contributed by atoms with E-state index in [1.54, 1.807) is 0 Å². The lowest BCUT2D eigenvalue weighted by atomic mass is 10.1. The summed E-state index contributed by atoms with van der Waals surface area (Å²) in [6, 6.07) is 0. The van der Waals surface area contributed by atoms with Crippen molar-refractivity contribution in [1.82, 2.24) is 15.1 Å². The average molecular weight is 350 g/mol. The highest BCUT2D eigenvalue weighted by molar-refractivity contribution is 5.85. The molecule has 0 spiro atoms. The Balaban J connectivity index is 0.00000484. The van der Waals surface area contributed by atoms with Crippen molar-refractivity contribution in [3.63, 3.8) is 0 Å². The molecule has 0 atom stereocenters. The molecule has 1 fully saturated rings. The molecule has 1 rings (SSSR count).